The lowest BCUT2D eigenvalue weighted by molar-refractivity contribution is -0.137. The number of alkyl halides is 3. The summed E-state index contributed by atoms with van der Waals surface area (Å²) in [4.78, 5) is 39.0. The normalized spacial score (nSPS) is 15.1. The Labute approximate surface area is 211 Å². The van der Waals surface area contributed by atoms with E-state index in [0.717, 1.165) is 38.8 Å². The van der Waals surface area contributed by atoms with Gasteiger partial charge < -0.3 is 5.32 Å². The summed E-state index contributed by atoms with van der Waals surface area (Å²) in [5, 5.41) is 2.04. The molecule has 0 unspecified atom stereocenters. The molecule has 0 bridgehead atoms. The maximum Gasteiger partial charge on any atom is 0.416 e. The average Bonchev–Trinajstić information content (AvgIpc) is 3.06. The standard InChI is InChI=1S/C25H16BrF3N2O3S/c26-19-5-1-3-16(11-19)12-21-23(33)31(24(34)35-21)14-15-7-9-17(10-8-15)22(32)30-20-6-2-4-18(13-20)25(27,28)29/h1-13H,14H2,(H,30,32)/b21-12-. The van der Waals surface area contributed by atoms with Gasteiger partial charge in [0.1, 0.15) is 0 Å². The Balaban J connectivity index is 1.42. The Kier molecular flexibility index (Phi) is 7.13. The Morgan fingerprint density at radius 1 is 1.00 bits per heavy atom. The maximum atomic E-state index is 12.9. The number of amides is 3. The first-order chi connectivity index (χ1) is 16.6. The third kappa shape index (κ3) is 6.01. The molecule has 10 heteroatoms. The number of hydrogen-bond acceptors (Lipinski definition) is 4. The van der Waals surface area contributed by atoms with Gasteiger partial charge in [-0.25, -0.2) is 0 Å². The first kappa shape index (κ1) is 24.7. The number of carbonyl (C=O) groups is 3. The van der Waals surface area contributed by atoms with Crippen LogP contribution in [0.2, 0.25) is 0 Å². The second kappa shape index (κ2) is 10.1. The highest BCUT2D eigenvalue weighted by Gasteiger charge is 2.35. The summed E-state index contributed by atoms with van der Waals surface area (Å²) in [6.45, 7) is 0.0238. The summed E-state index contributed by atoms with van der Waals surface area (Å²) < 4.78 is 39.5. The molecule has 0 spiro atoms. The molecule has 0 aliphatic carbocycles. The highest BCUT2D eigenvalue weighted by molar-refractivity contribution is 9.10. The highest BCUT2D eigenvalue weighted by atomic mass is 79.9. The quantitative estimate of drug-likeness (QED) is 0.342. The van der Waals surface area contributed by atoms with Gasteiger partial charge in [-0.3, -0.25) is 19.3 Å². The van der Waals surface area contributed by atoms with Gasteiger partial charge in [-0.1, -0.05) is 46.3 Å². The van der Waals surface area contributed by atoms with Gasteiger partial charge >= 0.3 is 6.18 Å². The molecule has 3 amide bonds. The fourth-order valence-corrected chi connectivity index (χ4v) is 4.56. The van der Waals surface area contributed by atoms with Crippen molar-refractivity contribution in [3.05, 3.63) is 104 Å². The number of thioether (sulfide) groups is 1. The summed E-state index contributed by atoms with van der Waals surface area (Å²) in [6, 6.07) is 17.8. The van der Waals surface area contributed by atoms with Crippen molar-refractivity contribution in [1.29, 1.82) is 0 Å². The number of anilines is 1. The van der Waals surface area contributed by atoms with Gasteiger partial charge in [0, 0.05) is 15.7 Å². The second-order valence-electron chi connectivity index (χ2n) is 7.55. The van der Waals surface area contributed by atoms with Crippen molar-refractivity contribution >= 4 is 56.5 Å². The van der Waals surface area contributed by atoms with Crippen LogP contribution in [-0.4, -0.2) is 22.0 Å². The third-order valence-electron chi connectivity index (χ3n) is 5.02. The van der Waals surface area contributed by atoms with Gasteiger partial charge in [0.05, 0.1) is 17.0 Å². The Morgan fingerprint density at radius 3 is 2.40 bits per heavy atom. The number of carbonyl (C=O) groups excluding carboxylic acids is 3. The number of imide groups is 1. The zero-order valence-corrected chi connectivity index (χ0v) is 20.2. The van der Waals surface area contributed by atoms with E-state index in [0.29, 0.717) is 10.5 Å². The van der Waals surface area contributed by atoms with Crippen LogP contribution in [0, 0.1) is 0 Å². The Bertz CT molecular complexity index is 1340. The molecule has 5 nitrogen and oxygen atoms in total. The summed E-state index contributed by atoms with van der Waals surface area (Å²) in [7, 11) is 0. The third-order valence-corrected chi connectivity index (χ3v) is 6.43. The molecule has 3 aromatic carbocycles. The maximum absolute atomic E-state index is 12.9. The summed E-state index contributed by atoms with van der Waals surface area (Å²) in [6.07, 6.45) is -2.87. The average molecular weight is 561 g/mol. The van der Waals surface area contributed by atoms with Crippen LogP contribution in [0.3, 0.4) is 0 Å². The van der Waals surface area contributed by atoms with E-state index < -0.39 is 28.8 Å². The van der Waals surface area contributed by atoms with Crippen LogP contribution in [0.4, 0.5) is 23.7 Å². The Hall–Kier alpha value is -3.37. The molecule has 0 atom stereocenters. The van der Waals surface area contributed by atoms with Gasteiger partial charge in [-0.05, 0) is 71.4 Å². The van der Waals surface area contributed by atoms with Gasteiger partial charge in [0.2, 0.25) is 0 Å². The van der Waals surface area contributed by atoms with Crippen LogP contribution in [0.25, 0.3) is 6.08 Å². The molecule has 1 aliphatic heterocycles. The number of nitrogens with one attached hydrogen (secondary N) is 1. The van der Waals surface area contributed by atoms with Crippen molar-refractivity contribution < 1.29 is 27.6 Å². The van der Waals surface area contributed by atoms with Crippen molar-refractivity contribution in [2.24, 2.45) is 0 Å². The SMILES string of the molecule is O=C(Nc1cccc(C(F)(F)F)c1)c1ccc(CN2C(=O)S/C(=C\c3cccc(Br)c3)C2=O)cc1. The number of nitrogens with zero attached hydrogens (tertiary/aromatic N) is 1. The molecule has 0 radical (unpaired) electrons. The van der Waals surface area contributed by atoms with Crippen molar-refractivity contribution in [2.75, 3.05) is 5.32 Å². The smallest absolute Gasteiger partial charge is 0.322 e. The predicted molar refractivity (Wildman–Crippen MR) is 131 cm³/mol. The summed E-state index contributed by atoms with van der Waals surface area (Å²) in [5.74, 6) is -0.995. The summed E-state index contributed by atoms with van der Waals surface area (Å²) in [5.41, 5.74) is 0.767. The topological polar surface area (TPSA) is 66.5 Å². The van der Waals surface area contributed by atoms with Crippen LogP contribution in [0.1, 0.15) is 27.0 Å². The molecule has 1 heterocycles. The zero-order valence-electron chi connectivity index (χ0n) is 17.8. The first-order valence-corrected chi connectivity index (χ1v) is 11.8. The van der Waals surface area contributed by atoms with E-state index in [1.165, 1.54) is 24.3 Å². The van der Waals surface area contributed by atoms with Crippen molar-refractivity contribution in [2.45, 2.75) is 12.7 Å². The molecule has 1 N–H and O–H groups in total. The summed E-state index contributed by atoms with van der Waals surface area (Å²) >= 11 is 4.22. The van der Waals surface area contributed by atoms with E-state index in [4.69, 9.17) is 0 Å². The molecule has 4 rings (SSSR count). The van der Waals surface area contributed by atoms with Crippen LogP contribution in [0.15, 0.2) is 82.2 Å². The van der Waals surface area contributed by atoms with Crippen LogP contribution in [0.5, 0.6) is 0 Å². The van der Waals surface area contributed by atoms with Gasteiger partial charge in [-0.2, -0.15) is 13.2 Å². The minimum absolute atomic E-state index is 0.0175. The van der Waals surface area contributed by atoms with E-state index in [9.17, 15) is 27.6 Å². The zero-order chi connectivity index (χ0) is 25.2. The molecule has 0 aromatic heterocycles. The van der Waals surface area contributed by atoms with E-state index in [-0.39, 0.29) is 17.8 Å². The molecule has 1 saturated heterocycles. The molecule has 1 aliphatic rings. The molecular weight excluding hydrogens is 545 g/mol. The molecule has 178 valence electrons. The van der Waals surface area contributed by atoms with E-state index in [1.807, 2.05) is 24.3 Å². The predicted octanol–water partition coefficient (Wildman–Crippen LogP) is 6.96. The highest BCUT2D eigenvalue weighted by Crippen LogP contribution is 2.34. The number of benzene rings is 3. The van der Waals surface area contributed by atoms with Crippen molar-refractivity contribution in [3.8, 4) is 0 Å². The van der Waals surface area contributed by atoms with Gasteiger partial charge in [0.15, 0.2) is 0 Å². The fraction of sp³-hybridized carbons (Fsp3) is 0.0800. The molecule has 1 fully saturated rings. The molecule has 3 aromatic rings. The molecule has 35 heavy (non-hydrogen) atoms. The number of halogens is 4. The molecular formula is C25H16BrF3N2O3S. The number of rotatable bonds is 5. The van der Waals surface area contributed by atoms with Crippen molar-refractivity contribution in [3.63, 3.8) is 0 Å². The van der Waals surface area contributed by atoms with Crippen molar-refractivity contribution in [1.82, 2.24) is 4.90 Å². The first-order valence-electron chi connectivity index (χ1n) is 10.2. The lowest BCUT2D eigenvalue weighted by Crippen LogP contribution is -2.27. The van der Waals surface area contributed by atoms with Crippen LogP contribution in [-0.2, 0) is 17.5 Å². The Morgan fingerprint density at radius 2 is 1.71 bits per heavy atom. The van der Waals surface area contributed by atoms with Crippen LogP contribution >= 0.6 is 27.7 Å². The monoisotopic (exact) mass is 560 g/mol. The van der Waals surface area contributed by atoms with E-state index >= 15 is 0 Å². The number of hydrogen-bond donors (Lipinski definition) is 1. The van der Waals surface area contributed by atoms with Gasteiger partial charge in [-0.15, -0.1) is 0 Å². The lowest BCUT2D eigenvalue weighted by atomic mass is 10.1. The molecule has 0 saturated carbocycles. The fourth-order valence-electron chi connectivity index (χ4n) is 3.30. The van der Waals surface area contributed by atoms with E-state index in [2.05, 4.69) is 21.2 Å². The minimum Gasteiger partial charge on any atom is -0.322 e. The van der Waals surface area contributed by atoms with Crippen LogP contribution < -0.4 is 5.32 Å². The minimum atomic E-state index is -4.52. The largest absolute Gasteiger partial charge is 0.416 e. The van der Waals surface area contributed by atoms with Gasteiger partial charge in [0.25, 0.3) is 17.1 Å². The second-order valence-corrected chi connectivity index (χ2v) is 9.46. The van der Waals surface area contributed by atoms with E-state index in [1.54, 1.807) is 18.2 Å². The lowest BCUT2D eigenvalue weighted by Gasteiger charge is -2.13.